The van der Waals surface area contributed by atoms with Gasteiger partial charge in [-0.25, -0.2) is 4.79 Å². The smallest absolute Gasteiger partial charge is 0.339 e. The highest BCUT2D eigenvalue weighted by Crippen LogP contribution is 2.87. The summed E-state index contributed by atoms with van der Waals surface area (Å²) in [4.78, 5) is 28.9. The van der Waals surface area contributed by atoms with E-state index in [1.807, 2.05) is 0 Å². The Kier molecular flexibility index (Phi) is 6.13. The van der Waals surface area contributed by atoms with Crippen molar-refractivity contribution in [3.8, 4) is 0 Å². The van der Waals surface area contributed by atoms with Crippen molar-refractivity contribution >= 4 is 11.9 Å². The van der Waals surface area contributed by atoms with Gasteiger partial charge in [-0.05, 0) is 105 Å². The van der Waals surface area contributed by atoms with Gasteiger partial charge < -0.3 is 15.2 Å². The third-order valence-corrected chi connectivity index (χ3v) is 12.6. The number of benzene rings is 1. The predicted octanol–water partition coefficient (Wildman–Crippen LogP) is 7.47. The normalized spacial score (nSPS) is 41.0. The van der Waals surface area contributed by atoms with E-state index >= 15 is 0 Å². The quantitative estimate of drug-likeness (QED) is 0.289. The summed E-state index contributed by atoms with van der Waals surface area (Å²) >= 11 is 0. The van der Waals surface area contributed by atoms with E-state index in [4.69, 9.17) is 15.2 Å². The maximum absolute atomic E-state index is 14.8. The molecule has 226 valence electrons. The van der Waals surface area contributed by atoms with Crippen molar-refractivity contribution in [1.29, 1.82) is 0 Å². The van der Waals surface area contributed by atoms with Crippen LogP contribution in [0.15, 0.2) is 65.0 Å². The van der Waals surface area contributed by atoms with E-state index in [0.29, 0.717) is 35.8 Å². The molecule has 1 saturated heterocycles. The molecule has 7 aliphatic rings. The topological polar surface area (TPSA) is 78.6 Å². The van der Waals surface area contributed by atoms with E-state index in [-0.39, 0.29) is 17.9 Å². The summed E-state index contributed by atoms with van der Waals surface area (Å²) in [6, 6.07) is 6.27. The van der Waals surface area contributed by atoms with E-state index in [9.17, 15) is 9.59 Å². The summed E-state index contributed by atoms with van der Waals surface area (Å²) in [6.07, 6.45) is 18.5. The number of hydrogen-bond acceptors (Lipinski definition) is 5. The Hall–Kier alpha value is -2.92. The number of allylic oxidation sites excluding steroid dienone is 6. The zero-order valence-corrected chi connectivity index (χ0v) is 25.9. The van der Waals surface area contributed by atoms with Gasteiger partial charge in [0.2, 0.25) is 0 Å². The number of nitrogens with two attached hydrogens (primary N) is 1. The van der Waals surface area contributed by atoms with Gasteiger partial charge in [0.05, 0.1) is 11.0 Å². The number of hydrogen-bond donors (Lipinski definition) is 1. The number of esters is 2. The molecule has 8 rings (SSSR count). The molecule has 0 aromatic heterocycles. The van der Waals surface area contributed by atoms with Gasteiger partial charge in [-0.15, -0.1) is 0 Å². The molecule has 0 radical (unpaired) electrons. The Morgan fingerprint density at radius 1 is 1.16 bits per heavy atom. The molecule has 1 aromatic rings. The van der Waals surface area contributed by atoms with Crippen molar-refractivity contribution in [2.24, 2.45) is 46.2 Å². The molecule has 2 saturated carbocycles. The second kappa shape index (κ2) is 9.54. The van der Waals surface area contributed by atoms with Crippen LogP contribution < -0.4 is 5.73 Å². The first-order valence-electron chi connectivity index (χ1n) is 17.0. The Balaban J connectivity index is 1.43. The monoisotopic (exact) mass is 579 g/mol. The van der Waals surface area contributed by atoms with Crippen LogP contribution >= 0.6 is 0 Å². The minimum Gasteiger partial charge on any atom is -0.449 e. The molecule has 5 heteroatoms. The highest BCUT2D eigenvalue weighted by molar-refractivity contribution is 6.00. The van der Waals surface area contributed by atoms with Crippen LogP contribution in [0.4, 0.5) is 0 Å². The van der Waals surface area contributed by atoms with Crippen LogP contribution in [0.5, 0.6) is 0 Å². The molecule has 0 unspecified atom stereocenters. The van der Waals surface area contributed by atoms with Crippen molar-refractivity contribution in [3.63, 3.8) is 0 Å². The van der Waals surface area contributed by atoms with E-state index in [1.165, 1.54) is 16.7 Å². The molecular weight excluding hydrogens is 534 g/mol. The molecule has 5 nitrogen and oxygen atoms in total. The molecule has 5 aliphatic carbocycles. The van der Waals surface area contributed by atoms with Crippen LogP contribution in [0.3, 0.4) is 0 Å². The lowest BCUT2D eigenvalue weighted by Gasteiger charge is -2.72. The number of ether oxygens (including phenoxy) is 2. The summed E-state index contributed by atoms with van der Waals surface area (Å²) in [5.74, 6) is 2.04. The molecule has 2 aliphatic heterocycles. The Labute approximate surface area is 255 Å². The molecule has 0 bridgehead atoms. The summed E-state index contributed by atoms with van der Waals surface area (Å²) in [7, 11) is 0. The SMILES string of the molecule is CCCC=C1OC(=O)[C@@]23C4=C5CC[C@@]12[C@@]1(OC(=O)c2c(CCCN)cccc21)[C@H]3C[C@@H](C)CCC4=C[C@@H]1[C@H](C)CC=C[C@H]51. The maximum atomic E-state index is 14.8. The molecule has 2 spiro atoms. The van der Waals surface area contributed by atoms with Crippen LogP contribution in [-0.2, 0) is 26.3 Å². The number of unbranched alkanes of at least 4 members (excludes halogenated alkanes) is 1. The zero-order chi connectivity index (χ0) is 29.7. The van der Waals surface area contributed by atoms with Crippen molar-refractivity contribution in [2.45, 2.75) is 90.6 Å². The molecule has 2 heterocycles. The van der Waals surface area contributed by atoms with Crippen LogP contribution in [0, 0.1) is 40.4 Å². The maximum Gasteiger partial charge on any atom is 0.339 e. The standard InChI is InChI=1S/C38H45NO4/c1-4-5-14-31-36-18-17-27-26-12-6-9-23(3)28(26)21-25-16-15-22(2)20-30(37(36,33(25)27)35(41)42-31)38(36)29-13-7-10-24(11-8-19-39)32(29)34(40)43-38/h6-7,10,12-14,21-23,26,28,30H,4-5,8-9,11,15-20,39H2,1-3H3/t22-,23+,26+,28+,30-,36+,37+,38-/m0/s1. The van der Waals surface area contributed by atoms with Crippen LogP contribution in [0.25, 0.3) is 0 Å². The largest absolute Gasteiger partial charge is 0.449 e. The lowest BCUT2D eigenvalue weighted by Crippen LogP contribution is -2.77. The summed E-state index contributed by atoms with van der Waals surface area (Å²) in [5.41, 5.74) is 10.3. The number of cyclic esters (lactones) is 1. The Morgan fingerprint density at radius 3 is 2.84 bits per heavy atom. The van der Waals surface area contributed by atoms with Crippen molar-refractivity contribution in [3.05, 3.63) is 81.7 Å². The van der Waals surface area contributed by atoms with Crippen LogP contribution in [0.1, 0.15) is 100 Å². The average Bonchev–Trinajstić information content (AvgIpc) is 3.45. The van der Waals surface area contributed by atoms with Gasteiger partial charge in [-0.2, -0.15) is 0 Å². The predicted molar refractivity (Wildman–Crippen MR) is 166 cm³/mol. The molecular formula is C38H45NO4. The summed E-state index contributed by atoms with van der Waals surface area (Å²) < 4.78 is 13.4. The fourth-order valence-electron chi connectivity index (χ4n) is 11.0. The number of carbonyl (C=O) groups excluding carboxylic acids is 2. The minimum absolute atomic E-state index is 0.104. The van der Waals surface area contributed by atoms with E-state index < -0.39 is 16.4 Å². The van der Waals surface area contributed by atoms with Crippen molar-refractivity contribution in [2.75, 3.05) is 6.54 Å². The Bertz CT molecular complexity index is 1550. The van der Waals surface area contributed by atoms with Crippen molar-refractivity contribution in [1.82, 2.24) is 0 Å². The fraction of sp³-hybridized carbons (Fsp3) is 0.579. The molecule has 3 fully saturated rings. The van der Waals surface area contributed by atoms with E-state index in [0.717, 1.165) is 81.1 Å². The van der Waals surface area contributed by atoms with Crippen molar-refractivity contribution < 1.29 is 19.1 Å². The van der Waals surface area contributed by atoms with Gasteiger partial charge in [-0.1, -0.05) is 69.2 Å². The van der Waals surface area contributed by atoms with Gasteiger partial charge in [-0.3, -0.25) is 4.79 Å². The first-order valence-corrected chi connectivity index (χ1v) is 17.0. The molecule has 43 heavy (non-hydrogen) atoms. The number of aryl methyl sites for hydroxylation is 1. The first kappa shape index (κ1) is 27.6. The Morgan fingerprint density at radius 2 is 2.02 bits per heavy atom. The number of carbonyl (C=O) groups is 2. The second-order valence-electron chi connectivity index (χ2n) is 14.6. The average molecular weight is 580 g/mol. The van der Waals surface area contributed by atoms with Gasteiger partial charge in [0, 0.05) is 17.4 Å². The molecule has 0 amide bonds. The number of fused-ring (bicyclic) bond motifs is 5. The third kappa shape index (κ3) is 3.13. The number of rotatable bonds is 5. The van der Waals surface area contributed by atoms with E-state index in [1.54, 1.807) is 0 Å². The lowest BCUT2D eigenvalue weighted by molar-refractivity contribution is -0.278. The van der Waals surface area contributed by atoms with Gasteiger partial charge in [0.25, 0.3) is 0 Å². The highest BCUT2D eigenvalue weighted by atomic mass is 16.6. The summed E-state index contributed by atoms with van der Waals surface area (Å²) in [5, 5.41) is 0. The van der Waals surface area contributed by atoms with Gasteiger partial charge in [0.1, 0.15) is 11.2 Å². The van der Waals surface area contributed by atoms with Crippen LogP contribution in [-0.4, -0.2) is 18.5 Å². The lowest BCUT2D eigenvalue weighted by atomic mass is 9.28. The first-order chi connectivity index (χ1) is 20.9. The van der Waals surface area contributed by atoms with Gasteiger partial charge >= 0.3 is 11.9 Å². The minimum atomic E-state index is -0.911. The molecule has 1 aromatic carbocycles. The van der Waals surface area contributed by atoms with E-state index in [2.05, 4.69) is 63.3 Å². The summed E-state index contributed by atoms with van der Waals surface area (Å²) in [6.45, 7) is 7.44. The zero-order valence-electron chi connectivity index (χ0n) is 25.9. The molecule has 8 atom stereocenters. The van der Waals surface area contributed by atoms with Crippen LogP contribution in [0.2, 0.25) is 0 Å². The fourth-order valence-corrected chi connectivity index (χ4v) is 11.0. The highest BCUT2D eigenvalue weighted by Gasteiger charge is 2.93. The molecule has 2 N–H and O–H groups in total. The van der Waals surface area contributed by atoms with Gasteiger partial charge in [0.15, 0.2) is 5.60 Å². The third-order valence-electron chi connectivity index (χ3n) is 12.6. The second-order valence-corrected chi connectivity index (χ2v) is 14.6.